The molecule has 0 bridgehead atoms. The standard InChI is InChI=1S/C19H23ClN4O3/c1-2-26-18(25)17-8-7-16(27-17)13-22-19(21)24-11-9-23(10-12-24)15-5-3-14(20)4-6-15/h3-8H,2,9-13H2,1H3,(H2,21,22). The molecule has 0 atom stereocenters. The highest BCUT2D eigenvalue weighted by Gasteiger charge is 2.19. The molecular weight excluding hydrogens is 368 g/mol. The number of piperazine rings is 1. The van der Waals surface area contributed by atoms with Gasteiger partial charge in [-0.25, -0.2) is 9.79 Å². The predicted molar refractivity (Wildman–Crippen MR) is 105 cm³/mol. The van der Waals surface area contributed by atoms with E-state index in [1.165, 1.54) is 0 Å². The summed E-state index contributed by atoms with van der Waals surface area (Å²) in [4.78, 5) is 20.3. The lowest BCUT2D eigenvalue weighted by Crippen LogP contribution is -2.51. The Morgan fingerprint density at radius 3 is 2.56 bits per heavy atom. The van der Waals surface area contributed by atoms with E-state index in [1.54, 1.807) is 19.1 Å². The van der Waals surface area contributed by atoms with E-state index in [1.807, 2.05) is 29.2 Å². The van der Waals surface area contributed by atoms with Crippen LogP contribution in [0.25, 0.3) is 0 Å². The second kappa shape index (κ2) is 8.81. The molecule has 2 aromatic rings. The molecule has 8 heteroatoms. The number of anilines is 1. The normalized spacial score (nSPS) is 15.1. The summed E-state index contributed by atoms with van der Waals surface area (Å²) in [6, 6.07) is 11.1. The smallest absolute Gasteiger partial charge is 0.374 e. The van der Waals surface area contributed by atoms with Crippen molar-refractivity contribution in [2.45, 2.75) is 13.5 Å². The van der Waals surface area contributed by atoms with Gasteiger partial charge in [0.15, 0.2) is 5.96 Å². The van der Waals surface area contributed by atoms with Crippen LogP contribution in [0, 0.1) is 0 Å². The zero-order valence-electron chi connectivity index (χ0n) is 15.2. The first kappa shape index (κ1) is 19.1. The van der Waals surface area contributed by atoms with Crippen molar-refractivity contribution in [2.24, 2.45) is 10.7 Å². The molecule has 2 heterocycles. The lowest BCUT2D eigenvalue weighted by atomic mass is 10.2. The molecule has 1 aromatic heterocycles. The summed E-state index contributed by atoms with van der Waals surface area (Å²) in [5.74, 6) is 0.747. The van der Waals surface area contributed by atoms with Gasteiger partial charge in [0.25, 0.3) is 0 Å². The SMILES string of the molecule is CCOC(=O)c1ccc(CN=C(N)N2CCN(c3ccc(Cl)cc3)CC2)o1. The Morgan fingerprint density at radius 2 is 1.89 bits per heavy atom. The summed E-state index contributed by atoms with van der Waals surface area (Å²) in [6.45, 7) is 5.61. The number of benzene rings is 1. The fourth-order valence-corrected chi connectivity index (χ4v) is 3.01. The molecule has 1 aliphatic rings. The van der Waals surface area contributed by atoms with Crippen LogP contribution in [0.15, 0.2) is 45.8 Å². The van der Waals surface area contributed by atoms with Crippen LogP contribution in [0.3, 0.4) is 0 Å². The lowest BCUT2D eigenvalue weighted by molar-refractivity contribution is 0.0488. The van der Waals surface area contributed by atoms with E-state index >= 15 is 0 Å². The van der Waals surface area contributed by atoms with Gasteiger partial charge in [-0.1, -0.05) is 11.6 Å². The first-order chi connectivity index (χ1) is 13.1. The van der Waals surface area contributed by atoms with Crippen LogP contribution >= 0.6 is 11.6 Å². The van der Waals surface area contributed by atoms with Gasteiger partial charge in [-0.3, -0.25) is 0 Å². The van der Waals surface area contributed by atoms with Crippen LogP contribution < -0.4 is 10.6 Å². The number of aliphatic imine (C=N–C) groups is 1. The quantitative estimate of drug-likeness (QED) is 0.480. The molecule has 7 nitrogen and oxygen atoms in total. The summed E-state index contributed by atoms with van der Waals surface area (Å²) in [5.41, 5.74) is 7.27. The van der Waals surface area contributed by atoms with Crippen LogP contribution in [0.1, 0.15) is 23.2 Å². The summed E-state index contributed by atoms with van der Waals surface area (Å²) in [6.07, 6.45) is 0. The van der Waals surface area contributed by atoms with Gasteiger partial charge in [0.1, 0.15) is 12.3 Å². The highest BCUT2D eigenvalue weighted by Crippen LogP contribution is 2.19. The monoisotopic (exact) mass is 390 g/mol. The van der Waals surface area contributed by atoms with Crippen molar-refractivity contribution >= 4 is 29.2 Å². The van der Waals surface area contributed by atoms with Crippen molar-refractivity contribution in [1.29, 1.82) is 0 Å². The minimum Gasteiger partial charge on any atom is -0.460 e. The summed E-state index contributed by atoms with van der Waals surface area (Å²) >= 11 is 5.94. The third kappa shape index (κ3) is 4.95. The van der Waals surface area contributed by atoms with Crippen molar-refractivity contribution in [3.63, 3.8) is 0 Å². The van der Waals surface area contributed by atoms with Gasteiger partial charge >= 0.3 is 5.97 Å². The fourth-order valence-electron chi connectivity index (χ4n) is 2.88. The molecule has 1 fully saturated rings. The van der Waals surface area contributed by atoms with Gasteiger partial charge in [0.05, 0.1) is 6.61 Å². The molecule has 144 valence electrons. The number of carbonyl (C=O) groups excluding carboxylic acids is 1. The topological polar surface area (TPSA) is 84.3 Å². The maximum Gasteiger partial charge on any atom is 0.374 e. The van der Waals surface area contributed by atoms with Crippen molar-refractivity contribution in [3.8, 4) is 0 Å². The number of hydrogen-bond acceptors (Lipinski definition) is 5. The van der Waals surface area contributed by atoms with Crippen LogP contribution in [0.4, 0.5) is 5.69 Å². The van der Waals surface area contributed by atoms with Crippen LogP contribution in [-0.4, -0.2) is 49.6 Å². The fraction of sp³-hybridized carbons (Fsp3) is 0.368. The second-order valence-corrected chi connectivity index (χ2v) is 6.55. The number of nitrogens with two attached hydrogens (primary N) is 1. The van der Waals surface area contributed by atoms with Crippen molar-refractivity contribution < 1.29 is 13.9 Å². The molecule has 0 radical (unpaired) electrons. The van der Waals surface area contributed by atoms with E-state index < -0.39 is 5.97 Å². The molecule has 0 unspecified atom stereocenters. The Kier molecular flexibility index (Phi) is 6.24. The van der Waals surface area contributed by atoms with Crippen LogP contribution in [0.5, 0.6) is 0 Å². The van der Waals surface area contributed by atoms with Crippen LogP contribution in [-0.2, 0) is 11.3 Å². The van der Waals surface area contributed by atoms with Gasteiger partial charge in [-0.2, -0.15) is 0 Å². The Morgan fingerprint density at radius 1 is 1.19 bits per heavy atom. The minimum atomic E-state index is -0.473. The molecule has 27 heavy (non-hydrogen) atoms. The third-order valence-corrected chi connectivity index (χ3v) is 4.58. The molecule has 3 rings (SSSR count). The molecule has 0 aliphatic carbocycles. The van der Waals surface area contributed by atoms with Crippen molar-refractivity contribution in [3.05, 3.63) is 52.9 Å². The number of rotatable bonds is 5. The number of esters is 1. The lowest BCUT2D eigenvalue weighted by Gasteiger charge is -2.36. The van der Waals surface area contributed by atoms with Gasteiger partial charge in [-0.05, 0) is 43.3 Å². The number of furan rings is 1. The second-order valence-electron chi connectivity index (χ2n) is 6.11. The third-order valence-electron chi connectivity index (χ3n) is 4.33. The van der Waals surface area contributed by atoms with Crippen molar-refractivity contribution in [2.75, 3.05) is 37.7 Å². The Balaban J connectivity index is 1.52. The van der Waals surface area contributed by atoms with E-state index in [4.69, 9.17) is 26.5 Å². The zero-order chi connectivity index (χ0) is 19.2. The van der Waals surface area contributed by atoms with E-state index in [0.717, 1.165) is 36.9 Å². The number of halogens is 1. The molecule has 1 aliphatic heterocycles. The van der Waals surface area contributed by atoms with E-state index in [9.17, 15) is 4.79 Å². The summed E-state index contributed by atoms with van der Waals surface area (Å²) in [7, 11) is 0. The van der Waals surface area contributed by atoms with E-state index in [2.05, 4.69) is 9.89 Å². The first-order valence-electron chi connectivity index (χ1n) is 8.88. The Bertz CT molecular complexity index is 796. The van der Waals surface area contributed by atoms with Gasteiger partial charge in [-0.15, -0.1) is 0 Å². The molecule has 2 N–H and O–H groups in total. The summed E-state index contributed by atoms with van der Waals surface area (Å²) in [5, 5.41) is 0.734. The van der Waals surface area contributed by atoms with E-state index in [-0.39, 0.29) is 12.3 Å². The molecular formula is C19H23ClN4O3. The highest BCUT2D eigenvalue weighted by molar-refractivity contribution is 6.30. The maximum absolute atomic E-state index is 11.6. The minimum absolute atomic E-state index is 0.178. The van der Waals surface area contributed by atoms with Crippen LogP contribution in [0.2, 0.25) is 5.02 Å². The number of ether oxygens (including phenoxy) is 1. The largest absolute Gasteiger partial charge is 0.460 e. The van der Waals surface area contributed by atoms with Crippen molar-refractivity contribution in [1.82, 2.24) is 4.90 Å². The average molecular weight is 391 g/mol. The molecule has 0 amide bonds. The average Bonchev–Trinajstić information content (AvgIpc) is 3.16. The molecule has 0 spiro atoms. The Labute approximate surface area is 163 Å². The van der Waals surface area contributed by atoms with Gasteiger partial charge < -0.3 is 24.7 Å². The molecule has 0 saturated carbocycles. The first-order valence-corrected chi connectivity index (χ1v) is 9.26. The maximum atomic E-state index is 11.6. The summed E-state index contributed by atoms with van der Waals surface area (Å²) < 4.78 is 10.3. The molecule has 1 aromatic carbocycles. The van der Waals surface area contributed by atoms with Gasteiger partial charge in [0.2, 0.25) is 5.76 Å². The van der Waals surface area contributed by atoms with E-state index in [0.29, 0.717) is 18.3 Å². The number of nitrogens with zero attached hydrogens (tertiary/aromatic N) is 3. The highest BCUT2D eigenvalue weighted by atomic mass is 35.5. The number of carbonyl (C=O) groups is 1. The number of hydrogen-bond donors (Lipinski definition) is 1. The van der Waals surface area contributed by atoms with Gasteiger partial charge in [0, 0.05) is 36.9 Å². The Hall–Kier alpha value is -2.67. The number of guanidine groups is 1. The molecule has 1 saturated heterocycles. The predicted octanol–water partition coefficient (Wildman–Crippen LogP) is 2.75. The zero-order valence-corrected chi connectivity index (χ0v) is 16.0.